The molecular weight excluding hydrogens is 360 g/mol. The number of hydrogen-bond acceptors (Lipinski definition) is 4. The molecule has 1 aromatic carbocycles. The van der Waals surface area contributed by atoms with E-state index in [2.05, 4.69) is 62.7 Å². The van der Waals surface area contributed by atoms with Gasteiger partial charge in [-0.15, -0.1) is 0 Å². The third-order valence-electron chi connectivity index (χ3n) is 6.02. The number of amidine groups is 1. The van der Waals surface area contributed by atoms with Gasteiger partial charge in [-0.25, -0.2) is 9.98 Å². The van der Waals surface area contributed by atoms with Crippen LogP contribution in [0.1, 0.15) is 36.6 Å². The molecule has 2 aliphatic rings. The highest BCUT2D eigenvalue weighted by Crippen LogP contribution is 2.31. The zero-order chi connectivity index (χ0) is 19.8. The van der Waals surface area contributed by atoms with Gasteiger partial charge in [-0.2, -0.15) is 5.10 Å². The van der Waals surface area contributed by atoms with E-state index in [0.29, 0.717) is 6.04 Å². The van der Waals surface area contributed by atoms with Crippen molar-refractivity contribution in [3.8, 4) is 11.1 Å². The smallest absolute Gasteiger partial charge is 0.154 e. The van der Waals surface area contributed by atoms with Crippen LogP contribution in [0, 0.1) is 6.92 Å². The molecular formula is C23H26N6. The second-order valence-corrected chi connectivity index (χ2v) is 8.12. The standard InChI is InChI=1S/C23H26N6/c1-15-4-3-9-29(15)14-17-7-8-24-22(10-17)27-23-12-19-11-18(5-6-21(19)26-23)20-13-25-28-16(20)2/h5-8,10-11,13,15H,3-4,9,12,14H2,1-2H3,(H,25,28)(H,24,26,27). The van der Waals surface area contributed by atoms with Gasteiger partial charge in [0.25, 0.3) is 0 Å². The maximum atomic E-state index is 4.79. The monoisotopic (exact) mass is 386 g/mol. The van der Waals surface area contributed by atoms with Crippen LogP contribution < -0.4 is 5.32 Å². The van der Waals surface area contributed by atoms with E-state index >= 15 is 0 Å². The molecule has 5 rings (SSSR count). The van der Waals surface area contributed by atoms with Crippen LogP contribution in [0.2, 0.25) is 0 Å². The van der Waals surface area contributed by atoms with Crippen molar-refractivity contribution in [1.29, 1.82) is 0 Å². The minimum atomic E-state index is 0.664. The molecule has 0 amide bonds. The van der Waals surface area contributed by atoms with E-state index in [1.54, 1.807) is 0 Å². The maximum Gasteiger partial charge on any atom is 0.154 e. The third-order valence-corrected chi connectivity index (χ3v) is 6.02. The second-order valence-electron chi connectivity index (χ2n) is 8.12. The van der Waals surface area contributed by atoms with Gasteiger partial charge in [0.05, 0.1) is 6.20 Å². The number of fused-ring (bicyclic) bond motifs is 1. The minimum Gasteiger partial charge on any atom is -0.343 e. The van der Waals surface area contributed by atoms with E-state index < -0.39 is 0 Å². The van der Waals surface area contributed by atoms with Gasteiger partial charge < -0.3 is 5.32 Å². The number of likely N-dealkylation sites (tertiary alicyclic amines) is 1. The van der Waals surface area contributed by atoms with Gasteiger partial charge in [0.2, 0.25) is 0 Å². The Morgan fingerprint density at radius 3 is 2.97 bits per heavy atom. The molecule has 29 heavy (non-hydrogen) atoms. The summed E-state index contributed by atoms with van der Waals surface area (Å²) in [6.07, 6.45) is 7.13. The lowest BCUT2D eigenvalue weighted by molar-refractivity contribution is 0.260. The molecule has 3 aromatic rings. The molecule has 2 N–H and O–H groups in total. The van der Waals surface area contributed by atoms with Crippen LogP contribution in [0.25, 0.3) is 11.1 Å². The quantitative estimate of drug-likeness (QED) is 0.694. The van der Waals surface area contributed by atoms with E-state index in [1.807, 2.05) is 19.3 Å². The lowest BCUT2D eigenvalue weighted by atomic mass is 10.0. The van der Waals surface area contributed by atoms with Crippen molar-refractivity contribution >= 4 is 17.3 Å². The van der Waals surface area contributed by atoms with Crippen LogP contribution in [-0.2, 0) is 13.0 Å². The molecule has 0 bridgehead atoms. The summed E-state index contributed by atoms with van der Waals surface area (Å²) in [7, 11) is 0. The van der Waals surface area contributed by atoms with Crippen LogP contribution in [0.3, 0.4) is 0 Å². The Hall–Kier alpha value is -2.99. The number of H-pyrrole nitrogens is 1. The van der Waals surface area contributed by atoms with Crippen molar-refractivity contribution in [2.24, 2.45) is 4.99 Å². The van der Waals surface area contributed by atoms with Crippen LogP contribution in [0.5, 0.6) is 0 Å². The van der Waals surface area contributed by atoms with Gasteiger partial charge in [-0.3, -0.25) is 10.00 Å². The number of nitrogens with zero attached hydrogens (tertiary/aromatic N) is 4. The molecule has 0 spiro atoms. The predicted octanol–water partition coefficient (Wildman–Crippen LogP) is 4.46. The Labute approximate surface area is 171 Å². The van der Waals surface area contributed by atoms with Crippen LogP contribution in [-0.4, -0.2) is 38.5 Å². The van der Waals surface area contributed by atoms with Gasteiger partial charge in [0.1, 0.15) is 5.84 Å². The molecule has 1 unspecified atom stereocenters. The summed E-state index contributed by atoms with van der Waals surface area (Å²) >= 11 is 0. The molecule has 2 aliphatic heterocycles. The first-order valence-electron chi connectivity index (χ1n) is 10.3. The molecule has 0 aliphatic carbocycles. The van der Waals surface area contributed by atoms with E-state index in [0.717, 1.165) is 41.6 Å². The first kappa shape index (κ1) is 18.1. The molecule has 6 heteroatoms. The zero-order valence-corrected chi connectivity index (χ0v) is 16.9. The van der Waals surface area contributed by atoms with E-state index in [9.17, 15) is 0 Å². The predicted molar refractivity (Wildman–Crippen MR) is 117 cm³/mol. The Morgan fingerprint density at radius 2 is 2.17 bits per heavy atom. The number of nitrogens with one attached hydrogen (secondary N) is 2. The maximum absolute atomic E-state index is 4.79. The first-order valence-corrected chi connectivity index (χ1v) is 10.3. The van der Waals surface area contributed by atoms with Crippen molar-refractivity contribution in [3.63, 3.8) is 0 Å². The van der Waals surface area contributed by atoms with Gasteiger partial charge in [0.15, 0.2) is 5.82 Å². The number of anilines is 1. The van der Waals surface area contributed by atoms with Gasteiger partial charge >= 0.3 is 0 Å². The van der Waals surface area contributed by atoms with E-state index in [1.165, 1.54) is 36.1 Å². The van der Waals surface area contributed by atoms with Crippen molar-refractivity contribution < 1.29 is 0 Å². The molecule has 0 saturated carbocycles. The molecule has 1 atom stereocenters. The summed E-state index contributed by atoms with van der Waals surface area (Å²) in [5, 5.41) is 10.6. The molecule has 0 radical (unpaired) electrons. The Balaban J connectivity index is 1.34. The minimum absolute atomic E-state index is 0.664. The summed E-state index contributed by atoms with van der Waals surface area (Å²) in [6, 6.07) is 11.4. The van der Waals surface area contributed by atoms with E-state index in [4.69, 9.17) is 4.99 Å². The fourth-order valence-electron chi connectivity index (χ4n) is 4.34. The second kappa shape index (κ2) is 7.44. The molecule has 1 fully saturated rings. The Bertz CT molecular complexity index is 1070. The first-order chi connectivity index (χ1) is 14.2. The molecule has 6 nitrogen and oxygen atoms in total. The van der Waals surface area contributed by atoms with Crippen LogP contribution in [0.4, 0.5) is 11.5 Å². The van der Waals surface area contributed by atoms with Crippen molar-refractivity contribution in [1.82, 2.24) is 20.1 Å². The summed E-state index contributed by atoms with van der Waals surface area (Å²) in [5.74, 6) is 1.72. The number of aryl methyl sites for hydroxylation is 1. The highest BCUT2D eigenvalue weighted by Gasteiger charge is 2.21. The number of hydrogen-bond donors (Lipinski definition) is 2. The lowest BCUT2D eigenvalue weighted by Gasteiger charge is -2.20. The average Bonchev–Trinajstić information content (AvgIpc) is 3.42. The summed E-state index contributed by atoms with van der Waals surface area (Å²) in [5.41, 5.74) is 7.06. The highest BCUT2D eigenvalue weighted by molar-refractivity contribution is 6.04. The number of rotatable bonds is 4. The average molecular weight is 387 g/mol. The largest absolute Gasteiger partial charge is 0.343 e. The lowest BCUT2D eigenvalue weighted by Crippen LogP contribution is -2.26. The van der Waals surface area contributed by atoms with Gasteiger partial charge in [-0.05, 0) is 74.2 Å². The molecule has 148 valence electrons. The fourth-order valence-corrected chi connectivity index (χ4v) is 4.34. The van der Waals surface area contributed by atoms with E-state index in [-0.39, 0.29) is 0 Å². The molecule has 4 heterocycles. The SMILES string of the molecule is Cc1[nH]ncc1-c1ccc2c(c1)CC(=Nc1cc(CN3CCCC3C)ccn1)N2. The molecule has 2 aromatic heterocycles. The number of aromatic amines is 1. The Kier molecular flexibility index (Phi) is 4.64. The number of aliphatic imine (C=N–C) groups is 1. The van der Waals surface area contributed by atoms with Crippen LogP contribution >= 0.6 is 0 Å². The summed E-state index contributed by atoms with van der Waals surface area (Å²) < 4.78 is 0. The number of benzene rings is 1. The van der Waals surface area contributed by atoms with Crippen molar-refractivity contribution in [2.45, 2.75) is 45.7 Å². The van der Waals surface area contributed by atoms with Crippen molar-refractivity contribution in [2.75, 3.05) is 11.9 Å². The summed E-state index contributed by atoms with van der Waals surface area (Å²) in [6.45, 7) is 6.52. The number of aromatic nitrogens is 3. The Morgan fingerprint density at radius 1 is 1.24 bits per heavy atom. The molecule has 1 saturated heterocycles. The zero-order valence-electron chi connectivity index (χ0n) is 16.9. The topological polar surface area (TPSA) is 69.2 Å². The summed E-state index contributed by atoms with van der Waals surface area (Å²) in [4.78, 5) is 11.8. The van der Waals surface area contributed by atoms with Crippen molar-refractivity contribution in [3.05, 3.63) is 59.5 Å². The highest BCUT2D eigenvalue weighted by atomic mass is 15.2. The fraction of sp³-hybridized carbons (Fsp3) is 0.348. The van der Waals surface area contributed by atoms with Gasteiger partial charge in [0, 0.05) is 42.1 Å². The normalized spacial score (nSPS) is 20.2. The number of pyridine rings is 1. The third kappa shape index (κ3) is 3.68. The van der Waals surface area contributed by atoms with Gasteiger partial charge in [-0.1, -0.05) is 6.07 Å². The van der Waals surface area contributed by atoms with Crippen LogP contribution in [0.15, 0.2) is 47.7 Å².